The van der Waals surface area contributed by atoms with Crippen LogP contribution >= 0.6 is 0 Å². The highest BCUT2D eigenvalue weighted by molar-refractivity contribution is 5.33. The van der Waals surface area contributed by atoms with Gasteiger partial charge in [-0.15, -0.1) is 0 Å². The molecule has 5 heteroatoms. The fraction of sp³-hybridized carbons (Fsp3) is 0.667. The monoisotopic (exact) mass is 237 g/mol. The summed E-state index contributed by atoms with van der Waals surface area (Å²) in [7, 11) is 0. The first kappa shape index (κ1) is 12.1. The first-order valence-electron chi connectivity index (χ1n) is 6.08. The predicted molar refractivity (Wildman–Crippen MR) is 66.1 cm³/mol. The summed E-state index contributed by atoms with van der Waals surface area (Å²) in [6.07, 6.45) is 5.50. The van der Waals surface area contributed by atoms with Gasteiger partial charge in [0.25, 0.3) is 5.56 Å². The van der Waals surface area contributed by atoms with Gasteiger partial charge in [0.2, 0.25) is 0 Å². The minimum atomic E-state index is -0.134. The fourth-order valence-electron chi connectivity index (χ4n) is 1.76. The summed E-state index contributed by atoms with van der Waals surface area (Å²) in [4.78, 5) is 16.1. The minimum Gasteiger partial charge on any atom is -0.394 e. The third kappa shape index (κ3) is 2.66. The number of aliphatic hydroxyl groups excluding tert-OH is 1. The van der Waals surface area contributed by atoms with Crippen molar-refractivity contribution in [2.24, 2.45) is 5.92 Å². The topological polar surface area (TPSA) is 67.2 Å². The molecule has 1 atom stereocenters. The van der Waals surface area contributed by atoms with E-state index in [1.54, 1.807) is 17.0 Å². The van der Waals surface area contributed by atoms with E-state index in [-0.39, 0.29) is 24.1 Å². The van der Waals surface area contributed by atoms with Crippen LogP contribution in [-0.2, 0) is 0 Å². The summed E-state index contributed by atoms with van der Waals surface area (Å²) in [6, 6.07) is 0.211. The van der Waals surface area contributed by atoms with Crippen LogP contribution in [0.5, 0.6) is 0 Å². The Balaban J connectivity index is 2.20. The van der Waals surface area contributed by atoms with Crippen molar-refractivity contribution in [3.05, 3.63) is 22.7 Å². The molecule has 1 aromatic rings. The molecular weight excluding hydrogens is 218 g/mol. The molecule has 0 aromatic carbocycles. The molecule has 94 valence electrons. The molecule has 17 heavy (non-hydrogen) atoms. The molecule has 0 amide bonds. The van der Waals surface area contributed by atoms with Gasteiger partial charge in [0, 0.05) is 18.4 Å². The van der Waals surface area contributed by atoms with Gasteiger partial charge in [-0.25, -0.2) is 4.98 Å². The quantitative estimate of drug-likeness (QED) is 0.802. The minimum absolute atomic E-state index is 0.00287. The molecule has 2 rings (SSSR count). The summed E-state index contributed by atoms with van der Waals surface area (Å²) < 4.78 is 1.73. The van der Waals surface area contributed by atoms with E-state index in [0.717, 1.165) is 12.8 Å². The van der Waals surface area contributed by atoms with Crippen LogP contribution in [0.1, 0.15) is 32.7 Å². The molecular formula is C12H19N3O2. The summed E-state index contributed by atoms with van der Waals surface area (Å²) in [5, 5.41) is 12.3. The Labute approximate surface area is 100 Å². The van der Waals surface area contributed by atoms with E-state index in [1.165, 1.54) is 0 Å². The van der Waals surface area contributed by atoms with Gasteiger partial charge in [-0.1, -0.05) is 13.8 Å². The van der Waals surface area contributed by atoms with Crippen LogP contribution in [0, 0.1) is 5.92 Å². The van der Waals surface area contributed by atoms with Crippen LogP contribution in [0.2, 0.25) is 0 Å². The maximum Gasteiger partial charge on any atom is 0.293 e. The number of aromatic nitrogens is 2. The Kier molecular flexibility index (Phi) is 3.47. The van der Waals surface area contributed by atoms with Crippen LogP contribution in [0.25, 0.3) is 0 Å². The molecule has 1 aliphatic carbocycles. The first-order valence-corrected chi connectivity index (χ1v) is 6.08. The van der Waals surface area contributed by atoms with Gasteiger partial charge in [-0.2, -0.15) is 0 Å². The molecule has 1 fully saturated rings. The summed E-state index contributed by atoms with van der Waals surface area (Å²) in [5.41, 5.74) is -0.0888. The van der Waals surface area contributed by atoms with E-state index < -0.39 is 0 Å². The fourth-order valence-corrected chi connectivity index (χ4v) is 1.76. The Morgan fingerprint density at radius 2 is 2.29 bits per heavy atom. The van der Waals surface area contributed by atoms with Crippen molar-refractivity contribution in [1.82, 2.24) is 9.55 Å². The molecule has 0 radical (unpaired) electrons. The molecule has 0 bridgehead atoms. The number of aliphatic hydroxyl groups is 1. The molecule has 5 nitrogen and oxygen atoms in total. The zero-order valence-corrected chi connectivity index (χ0v) is 10.3. The molecule has 0 aliphatic heterocycles. The zero-order valence-electron chi connectivity index (χ0n) is 10.3. The van der Waals surface area contributed by atoms with Crippen LogP contribution in [0.4, 0.5) is 5.82 Å². The van der Waals surface area contributed by atoms with Crippen LogP contribution in [0.15, 0.2) is 17.2 Å². The lowest BCUT2D eigenvalue weighted by atomic mass is 10.1. The normalized spacial score (nSPS) is 17.2. The van der Waals surface area contributed by atoms with Gasteiger partial charge in [-0.05, 0) is 18.8 Å². The number of hydrogen-bond acceptors (Lipinski definition) is 4. The lowest BCUT2D eigenvalue weighted by molar-refractivity contribution is 0.249. The Hall–Kier alpha value is -1.36. The van der Waals surface area contributed by atoms with Crippen molar-refractivity contribution < 1.29 is 5.11 Å². The van der Waals surface area contributed by atoms with E-state index in [1.807, 2.05) is 13.8 Å². The maximum atomic E-state index is 12.1. The third-order valence-electron chi connectivity index (χ3n) is 3.13. The first-order chi connectivity index (χ1) is 8.13. The highest BCUT2D eigenvalue weighted by Gasteiger charge is 2.25. The highest BCUT2D eigenvalue weighted by Crippen LogP contribution is 2.33. The molecule has 2 N–H and O–H groups in total. The van der Waals surface area contributed by atoms with Crippen LogP contribution in [0.3, 0.4) is 0 Å². The summed E-state index contributed by atoms with van der Waals surface area (Å²) in [5.74, 6) is 0.586. The number of anilines is 1. The molecule has 1 aliphatic rings. The van der Waals surface area contributed by atoms with Crippen molar-refractivity contribution in [3.63, 3.8) is 0 Å². The second kappa shape index (κ2) is 4.87. The third-order valence-corrected chi connectivity index (χ3v) is 3.13. The number of nitrogens with zero attached hydrogens (tertiary/aromatic N) is 2. The smallest absolute Gasteiger partial charge is 0.293 e. The number of nitrogens with one attached hydrogen (secondary N) is 1. The summed E-state index contributed by atoms with van der Waals surface area (Å²) >= 11 is 0. The van der Waals surface area contributed by atoms with Crippen LogP contribution in [-0.4, -0.2) is 27.3 Å². The van der Waals surface area contributed by atoms with E-state index in [2.05, 4.69) is 10.3 Å². The largest absolute Gasteiger partial charge is 0.394 e. The van der Waals surface area contributed by atoms with Crippen molar-refractivity contribution in [1.29, 1.82) is 0 Å². The van der Waals surface area contributed by atoms with E-state index in [9.17, 15) is 9.90 Å². The molecule has 1 saturated carbocycles. The molecule has 0 spiro atoms. The van der Waals surface area contributed by atoms with Gasteiger partial charge in [-0.3, -0.25) is 4.79 Å². The Morgan fingerprint density at radius 1 is 1.59 bits per heavy atom. The van der Waals surface area contributed by atoms with Crippen molar-refractivity contribution in [2.45, 2.75) is 38.8 Å². The molecule has 1 aromatic heterocycles. The van der Waals surface area contributed by atoms with E-state index in [0.29, 0.717) is 11.9 Å². The Morgan fingerprint density at radius 3 is 2.82 bits per heavy atom. The molecule has 0 saturated heterocycles. The number of rotatable bonds is 5. The lowest BCUT2D eigenvalue weighted by Crippen LogP contribution is -2.34. The van der Waals surface area contributed by atoms with Crippen LogP contribution < -0.4 is 10.9 Å². The van der Waals surface area contributed by atoms with E-state index in [4.69, 9.17) is 0 Å². The maximum absolute atomic E-state index is 12.1. The zero-order chi connectivity index (χ0) is 12.4. The average molecular weight is 237 g/mol. The second-order valence-corrected chi connectivity index (χ2v) is 4.90. The van der Waals surface area contributed by atoms with Crippen molar-refractivity contribution in [2.75, 3.05) is 11.9 Å². The van der Waals surface area contributed by atoms with Gasteiger partial charge in [0.05, 0.1) is 12.6 Å². The molecule has 1 unspecified atom stereocenters. The second-order valence-electron chi connectivity index (χ2n) is 4.90. The SMILES string of the molecule is CC(C)C(CO)Nc1nccn(C2CC2)c1=O. The van der Waals surface area contributed by atoms with Gasteiger partial charge in [0.15, 0.2) is 5.82 Å². The highest BCUT2D eigenvalue weighted by atomic mass is 16.3. The Bertz CT molecular complexity index is 438. The van der Waals surface area contributed by atoms with E-state index >= 15 is 0 Å². The summed E-state index contributed by atoms with van der Waals surface area (Å²) in [6.45, 7) is 3.99. The average Bonchev–Trinajstić information content (AvgIpc) is 3.11. The lowest BCUT2D eigenvalue weighted by Gasteiger charge is -2.20. The van der Waals surface area contributed by atoms with Gasteiger partial charge in [0.1, 0.15) is 0 Å². The van der Waals surface area contributed by atoms with Crippen molar-refractivity contribution >= 4 is 5.82 Å². The van der Waals surface area contributed by atoms with Crippen molar-refractivity contribution in [3.8, 4) is 0 Å². The standard InChI is InChI=1S/C12H19N3O2/c1-8(2)10(7-16)14-11-12(17)15(6-5-13-11)9-3-4-9/h5-6,8-10,16H,3-4,7H2,1-2H3,(H,13,14). The van der Waals surface area contributed by atoms with Gasteiger partial charge < -0.3 is 15.0 Å². The number of hydrogen-bond donors (Lipinski definition) is 2. The molecule has 1 heterocycles. The van der Waals surface area contributed by atoms with Gasteiger partial charge >= 0.3 is 0 Å². The predicted octanol–water partition coefficient (Wildman–Crippen LogP) is 1.01.